The number of carbonyl (C=O) groups excluding carboxylic acids is 1. The Bertz CT molecular complexity index is 678. The van der Waals surface area contributed by atoms with Gasteiger partial charge in [-0.25, -0.2) is 4.98 Å². The average molecular weight is 311 g/mol. The molecule has 6 nitrogen and oxygen atoms in total. The van der Waals surface area contributed by atoms with Crippen LogP contribution in [-0.4, -0.2) is 45.1 Å². The van der Waals surface area contributed by atoms with Crippen LogP contribution in [0.4, 0.5) is 5.82 Å². The van der Waals surface area contributed by atoms with Crippen molar-refractivity contribution in [3.05, 3.63) is 47.4 Å². The molecule has 1 fully saturated rings. The summed E-state index contributed by atoms with van der Waals surface area (Å²) in [4.78, 5) is 18.7. The zero-order valence-corrected chi connectivity index (χ0v) is 13.5. The molecule has 3 heterocycles. The van der Waals surface area contributed by atoms with E-state index in [1.807, 2.05) is 43.0 Å². The molecule has 120 valence electrons. The van der Waals surface area contributed by atoms with Crippen molar-refractivity contribution in [2.75, 3.05) is 18.4 Å². The Morgan fingerprint density at radius 1 is 1.09 bits per heavy atom. The molecule has 1 saturated heterocycles. The van der Waals surface area contributed by atoms with Crippen LogP contribution in [0.15, 0.2) is 30.3 Å². The lowest BCUT2D eigenvalue weighted by atomic mass is 10.0. The second-order valence-electron chi connectivity index (χ2n) is 5.93. The zero-order valence-electron chi connectivity index (χ0n) is 13.5. The molecule has 23 heavy (non-hydrogen) atoms. The summed E-state index contributed by atoms with van der Waals surface area (Å²) in [5.41, 5.74) is 2.30. The van der Waals surface area contributed by atoms with Gasteiger partial charge in [-0.05, 0) is 51.0 Å². The van der Waals surface area contributed by atoms with Gasteiger partial charge in [0, 0.05) is 24.8 Å². The largest absolute Gasteiger partial charge is 0.366 e. The Balaban J connectivity index is 1.55. The number of rotatable bonds is 3. The number of nitrogens with one attached hydrogen (secondary N) is 1. The number of hydrogen-bond acceptors (Lipinski definition) is 5. The van der Waals surface area contributed by atoms with Crippen LogP contribution in [0.5, 0.6) is 0 Å². The van der Waals surface area contributed by atoms with Crippen LogP contribution in [0.1, 0.15) is 34.7 Å². The molecule has 1 aliphatic rings. The number of aromatic nitrogens is 3. The van der Waals surface area contributed by atoms with Crippen LogP contribution in [-0.2, 0) is 0 Å². The first-order valence-electron chi connectivity index (χ1n) is 7.91. The molecule has 0 aromatic carbocycles. The fourth-order valence-electron chi connectivity index (χ4n) is 2.74. The summed E-state index contributed by atoms with van der Waals surface area (Å²) in [6.07, 6.45) is 1.79. The van der Waals surface area contributed by atoms with Gasteiger partial charge in [0.15, 0.2) is 0 Å². The second kappa shape index (κ2) is 6.73. The molecule has 0 unspecified atom stereocenters. The summed E-state index contributed by atoms with van der Waals surface area (Å²) in [6.45, 7) is 5.27. The summed E-state index contributed by atoms with van der Waals surface area (Å²) >= 11 is 0. The Morgan fingerprint density at radius 2 is 1.87 bits per heavy atom. The maximum absolute atomic E-state index is 12.5. The highest BCUT2D eigenvalue weighted by atomic mass is 16.2. The molecule has 0 radical (unpaired) electrons. The number of amides is 1. The maximum atomic E-state index is 12.5. The predicted molar refractivity (Wildman–Crippen MR) is 88.3 cm³/mol. The Kier molecular flexibility index (Phi) is 4.50. The number of carbonyl (C=O) groups is 1. The first kappa shape index (κ1) is 15.4. The molecule has 0 atom stereocenters. The van der Waals surface area contributed by atoms with Crippen LogP contribution in [0.2, 0.25) is 0 Å². The van der Waals surface area contributed by atoms with Gasteiger partial charge < -0.3 is 10.2 Å². The van der Waals surface area contributed by atoms with Crippen LogP contribution in [0.25, 0.3) is 0 Å². The molecule has 0 saturated carbocycles. The predicted octanol–water partition coefficient (Wildman–Crippen LogP) is 2.21. The summed E-state index contributed by atoms with van der Waals surface area (Å²) in [7, 11) is 0. The zero-order chi connectivity index (χ0) is 16.2. The number of aryl methyl sites for hydroxylation is 2. The van der Waals surface area contributed by atoms with E-state index in [4.69, 9.17) is 0 Å². The van der Waals surface area contributed by atoms with Gasteiger partial charge in [-0.15, -0.1) is 5.10 Å². The third-order valence-electron chi connectivity index (χ3n) is 4.04. The van der Waals surface area contributed by atoms with E-state index in [9.17, 15) is 4.79 Å². The summed E-state index contributed by atoms with van der Waals surface area (Å²) in [5, 5.41) is 11.6. The average Bonchev–Trinajstić information content (AvgIpc) is 2.57. The van der Waals surface area contributed by atoms with E-state index >= 15 is 0 Å². The van der Waals surface area contributed by atoms with E-state index in [2.05, 4.69) is 20.5 Å². The highest BCUT2D eigenvalue weighted by molar-refractivity contribution is 5.92. The molecule has 1 aliphatic heterocycles. The monoisotopic (exact) mass is 311 g/mol. The van der Waals surface area contributed by atoms with Crippen LogP contribution >= 0.6 is 0 Å². The van der Waals surface area contributed by atoms with Gasteiger partial charge in [-0.3, -0.25) is 4.79 Å². The van der Waals surface area contributed by atoms with Gasteiger partial charge in [0.25, 0.3) is 5.91 Å². The molecule has 0 spiro atoms. The molecule has 1 amide bonds. The van der Waals surface area contributed by atoms with Crippen molar-refractivity contribution in [2.45, 2.75) is 32.7 Å². The third-order valence-corrected chi connectivity index (χ3v) is 4.04. The summed E-state index contributed by atoms with van der Waals surface area (Å²) in [5.74, 6) is 0.808. The van der Waals surface area contributed by atoms with Crippen molar-refractivity contribution in [2.24, 2.45) is 0 Å². The first-order chi connectivity index (χ1) is 11.1. The van der Waals surface area contributed by atoms with Gasteiger partial charge in [0.2, 0.25) is 0 Å². The molecule has 3 rings (SSSR count). The molecule has 0 bridgehead atoms. The van der Waals surface area contributed by atoms with Crippen molar-refractivity contribution in [3.8, 4) is 0 Å². The smallest absolute Gasteiger partial charge is 0.272 e. The quantitative estimate of drug-likeness (QED) is 0.941. The molecule has 1 N–H and O–H groups in total. The van der Waals surface area contributed by atoms with E-state index in [-0.39, 0.29) is 5.91 Å². The minimum absolute atomic E-state index is 0.0160. The minimum Gasteiger partial charge on any atom is -0.366 e. The standard InChI is InChI=1S/C17H21N5O/c1-12-4-3-5-15(18-12)17(23)22-10-8-14(9-11-22)19-16-7-6-13(2)20-21-16/h3-7,14H,8-11H2,1-2H3,(H,19,21). The number of piperidine rings is 1. The Morgan fingerprint density at radius 3 is 2.52 bits per heavy atom. The second-order valence-corrected chi connectivity index (χ2v) is 5.93. The molecular formula is C17H21N5O. The van der Waals surface area contributed by atoms with Gasteiger partial charge in [-0.2, -0.15) is 5.10 Å². The normalized spacial score (nSPS) is 15.5. The van der Waals surface area contributed by atoms with E-state index < -0.39 is 0 Å². The molecule has 6 heteroatoms. The molecule has 0 aliphatic carbocycles. The lowest BCUT2D eigenvalue weighted by Crippen LogP contribution is -2.42. The first-order valence-corrected chi connectivity index (χ1v) is 7.91. The van der Waals surface area contributed by atoms with Gasteiger partial charge in [0.05, 0.1) is 5.69 Å². The SMILES string of the molecule is Cc1ccc(NC2CCN(C(=O)c3cccc(C)n3)CC2)nn1. The number of pyridine rings is 1. The Labute approximate surface area is 136 Å². The number of nitrogens with zero attached hydrogens (tertiary/aromatic N) is 4. The van der Waals surface area contributed by atoms with Gasteiger partial charge in [0.1, 0.15) is 11.5 Å². The van der Waals surface area contributed by atoms with Gasteiger partial charge in [-0.1, -0.05) is 6.07 Å². The van der Waals surface area contributed by atoms with Crippen LogP contribution in [0, 0.1) is 13.8 Å². The fraction of sp³-hybridized carbons (Fsp3) is 0.412. The van der Waals surface area contributed by atoms with Crippen LogP contribution < -0.4 is 5.32 Å². The van der Waals surface area contributed by atoms with E-state index in [1.54, 1.807) is 6.07 Å². The van der Waals surface area contributed by atoms with E-state index in [1.165, 1.54) is 0 Å². The highest BCUT2D eigenvalue weighted by Gasteiger charge is 2.24. The highest BCUT2D eigenvalue weighted by Crippen LogP contribution is 2.16. The lowest BCUT2D eigenvalue weighted by molar-refractivity contribution is 0.0712. The summed E-state index contributed by atoms with van der Waals surface area (Å²) < 4.78 is 0. The Hall–Kier alpha value is -2.50. The molecular weight excluding hydrogens is 290 g/mol. The number of anilines is 1. The topological polar surface area (TPSA) is 71.0 Å². The van der Waals surface area contributed by atoms with E-state index in [0.717, 1.165) is 43.1 Å². The van der Waals surface area contributed by atoms with Gasteiger partial charge >= 0.3 is 0 Å². The van der Waals surface area contributed by atoms with Crippen molar-refractivity contribution >= 4 is 11.7 Å². The maximum Gasteiger partial charge on any atom is 0.272 e. The van der Waals surface area contributed by atoms with Crippen molar-refractivity contribution in [1.82, 2.24) is 20.1 Å². The number of likely N-dealkylation sites (tertiary alicyclic amines) is 1. The van der Waals surface area contributed by atoms with Crippen molar-refractivity contribution in [1.29, 1.82) is 0 Å². The van der Waals surface area contributed by atoms with Crippen LogP contribution in [0.3, 0.4) is 0 Å². The van der Waals surface area contributed by atoms with E-state index in [0.29, 0.717) is 11.7 Å². The minimum atomic E-state index is 0.0160. The number of hydrogen-bond donors (Lipinski definition) is 1. The molecule has 2 aromatic heterocycles. The lowest BCUT2D eigenvalue weighted by Gasteiger charge is -2.32. The fourth-order valence-corrected chi connectivity index (χ4v) is 2.74. The summed E-state index contributed by atoms with van der Waals surface area (Å²) in [6, 6.07) is 9.76. The molecule has 2 aromatic rings. The third kappa shape index (κ3) is 3.83. The van der Waals surface area contributed by atoms with Crippen molar-refractivity contribution in [3.63, 3.8) is 0 Å². The van der Waals surface area contributed by atoms with Crippen molar-refractivity contribution < 1.29 is 4.79 Å².